The molecule has 1 aromatic heterocycles. The number of benzene rings is 1. The molecule has 0 aliphatic heterocycles. The zero-order chi connectivity index (χ0) is 18.1. The second-order valence-electron chi connectivity index (χ2n) is 5.37. The number of primary amides is 1. The Kier molecular flexibility index (Phi) is 7.21. The maximum absolute atomic E-state index is 10.8. The van der Waals surface area contributed by atoms with Crippen LogP contribution in [0.15, 0.2) is 35.5 Å². The smallest absolute Gasteiger partial charge is 0.255 e. The highest BCUT2D eigenvalue weighted by molar-refractivity contribution is 7.11. The van der Waals surface area contributed by atoms with Gasteiger partial charge in [0.2, 0.25) is 0 Å². The summed E-state index contributed by atoms with van der Waals surface area (Å²) in [5.41, 5.74) is 6.09. The normalized spacial score (nSPS) is 11.2. The first kappa shape index (κ1) is 18.7. The van der Waals surface area contributed by atoms with Gasteiger partial charge in [0.1, 0.15) is 5.75 Å². The van der Waals surface area contributed by atoms with Crippen LogP contribution in [0.2, 0.25) is 0 Å². The van der Waals surface area contributed by atoms with Gasteiger partial charge in [0.05, 0.1) is 5.01 Å². The van der Waals surface area contributed by atoms with Crippen molar-refractivity contribution >= 4 is 23.2 Å². The van der Waals surface area contributed by atoms with Gasteiger partial charge in [-0.15, -0.1) is 11.3 Å². The van der Waals surface area contributed by atoms with Gasteiger partial charge in [-0.25, -0.2) is 4.98 Å². The number of hydrogen-bond donors (Lipinski definition) is 3. The SMILES string of the molecule is CN=C(NCCc1ncc(C)s1)NCc1cccc(OCC(N)=O)c1. The molecule has 1 amide bonds. The van der Waals surface area contributed by atoms with Crippen LogP contribution in [0.25, 0.3) is 0 Å². The number of aromatic nitrogens is 1. The highest BCUT2D eigenvalue weighted by Gasteiger charge is 2.03. The number of aliphatic imine (C=N–C) groups is 1. The summed E-state index contributed by atoms with van der Waals surface area (Å²) in [4.78, 5) is 20.5. The van der Waals surface area contributed by atoms with Crippen molar-refractivity contribution in [1.82, 2.24) is 15.6 Å². The number of amides is 1. The van der Waals surface area contributed by atoms with E-state index in [4.69, 9.17) is 10.5 Å². The van der Waals surface area contributed by atoms with Crippen molar-refractivity contribution in [2.45, 2.75) is 19.9 Å². The maximum atomic E-state index is 10.8. The van der Waals surface area contributed by atoms with Gasteiger partial charge in [0, 0.05) is 37.6 Å². The number of carbonyl (C=O) groups is 1. The number of nitrogens with zero attached hydrogens (tertiary/aromatic N) is 2. The fourth-order valence-corrected chi connectivity index (χ4v) is 2.90. The van der Waals surface area contributed by atoms with E-state index < -0.39 is 5.91 Å². The Bertz CT molecular complexity index is 729. The van der Waals surface area contributed by atoms with E-state index in [1.807, 2.05) is 24.4 Å². The molecule has 0 bridgehead atoms. The minimum absolute atomic E-state index is 0.129. The Hall–Kier alpha value is -2.61. The molecular formula is C17H23N5O2S. The van der Waals surface area contributed by atoms with Crippen molar-refractivity contribution in [2.24, 2.45) is 10.7 Å². The molecule has 134 valence electrons. The third-order valence-corrected chi connectivity index (χ3v) is 4.24. The molecule has 8 heteroatoms. The number of ether oxygens (including phenoxy) is 1. The summed E-state index contributed by atoms with van der Waals surface area (Å²) >= 11 is 1.71. The van der Waals surface area contributed by atoms with Gasteiger partial charge < -0.3 is 21.1 Å². The molecule has 25 heavy (non-hydrogen) atoms. The molecule has 0 unspecified atom stereocenters. The molecule has 0 atom stereocenters. The second kappa shape index (κ2) is 9.63. The number of hydrogen-bond acceptors (Lipinski definition) is 5. The third kappa shape index (κ3) is 6.80. The molecule has 0 aliphatic carbocycles. The summed E-state index contributed by atoms with van der Waals surface area (Å²) in [6.45, 7) is 3.27. The summed E-state index contributed by atoms with van der Waals surface area (Å²) in [7, 11) is 1.73. The first-order valence-corrected chi connectivity index (χ1v) is 8.74. The van der Waals surface area contributed by atoms with Crippen molar-refractivity contribution < 1.29 is 9.53 Å². The van der Waals surface area contributed by atoms with Crippen LogP contribution < -0.4 is 21.1 Å². The van der Waals surface area contributed by atoms with Gasteiger partial charge in [-0.3, -0.25) is 9.79 Å². The minimum Gasteiger partial charge on any atom is -0.484 e. The number of aryl methyl sites for hydroxylation is 1. The Morgan fingerprint density at radius 3 is 2.92 bits per heavy atom. The van der Waals surface area contributed by atoms with Crippen LogP contribution in [-0.2, 0) is 17.8 Å². The van der Waals surface area contributed by atoms with Gasteiger partial charge in [-0.05, 0) is 24.6 Å². The number of nitrogens with two attached hydrogens (primary N) is 1. The van der Waals surface area contributed by atoms with Gasteiger partial charge >= 0.3 is 0 Å². The lowest BCUT2D eigenvalue weighted by Crippen LogP contribution is -2.37. The molecule has 1 aromatic carbocycles. The van der Waals surface area contributed by atoms with Crippen LogP contribution in [0.4, 0.5) is 0 Å². The molecule has 2 aromatic rings. The molecule has 4 N–H and O–H groups in total. The highest BCUT2D eigenvalue weighted by Crippen LogP contribution is 2.13. The van der Waals surface area contributed by atoms with E-state index in [0.29, 0.717) is 12.3 Å². The monoisotopic (exact) mass is 361 g/mol. The molecule has 0 aliphatic rings. The molecule has 2 rings (SSSR count). The number of guanidine groups is 1. The topological polar surface area (TPSA) is 102 Å². The first-order chi connectivity index (χ1) is 12.1. The van der Waals surface area contributed by atoms with Gasteiger partial charge in [-0.2, -0.15) is 0 Å². The van der Waals surface area contributed by atoms with Gasteiger partial charge in [0.15, 0.2) is 12.6 Å². The van der Waals surface area contributed by atoms with Crippen molar-refractivity contribution in [3.63, 3.8) is 0 Å². The maximum Gasteiger partial charge on any atom is 0.255 e. The van der Waals surface area contributed by atoms with Crippen molar-refractivity contribution in [1.29, 1.82) is 0 Å². The lowest BCUT2D eigenvalue weighted by atomic mass is 10.2. The first-order valence-electron chi connectivity index (χ1n) is 7.92. The fraction of sp³-hybridized carbons (Fsp3) is 0.353. The Morgan fingerprint density at radius 1 is 1.40 bits per heavy atom. The molecular weight excluding hydrogens is 338 g/mol. The predicted octanol–water partition coefficient (Wildman–Crippen LogP) is 1.22. The molecule has 0 spiro atoms. The largest absolute Gasteiger partial charge is 0.484 e. The van der Waals surface area contributed by atoms with E-state index >= 15 is 0 Å². The van der Waals surface area contributed by atoms with Crippen molar-refractivity contribution in [2.75, 3.05) is 20.2 Å². The summed E-state index contributed by atoms with van der Waals surface area (Å²) in [5.74, 6) is 0.834. The summed E-state index contributed by atoms with van der Waals surface area (Å²) < 4.78 is 5.30. The summed E-state index contributed by atoms with van der Waals surface area (Å²) in [5, 5.41) is 7.62. The number of thiazole rings is 1. The van der Waals surface area contributed by atoms with Crippen LogP contribution >= 0.6 is 11.3 Å². The standard InChI is InChI=1S/C17H23N5O2S/c1-12-9-21-16(25-12)6-7-20-17(19-2)22-10-13-4-3-5-14(8-13)24-11-15(18)23/h3-5,8-9H,6-7,10-11H2,1-2H3,(H2,18,23)(H2,19,20,22). The average molecular weight is 361 g/mol. The third-order valence-electron chi connectivity index (χ3n) is 3.26. The van der Waals surface area contributed by atoms with Crippen molar-refractivity contribution in [3.05, 3.63) is 45.9 Å². The molecule has 0 fully saturated rings. The van der Waals surface area contributed by atoms with Crippen LogP contribution in [0.5, 0.6) is 5.75 Å². The van der Waals surface area contributed by atoms with Crippen LogP contribution in [0.1, 0.15) is 15.4 Å². The fourth-order valence-electron chi connectivity index (χ4n) is 2.11. The average Bonchev–Trinajstić information content (AvgIpc) is 3.01. The number of carbonyl (C=O) groups excluding carboxylic acids is 1. The zero-order valence-corrected chi connectivity index (χ0v) is 15.2. The molecule has 0 saturated heterocycles. The van der Waals surface area contributed by atoms with Crippen LogP contribution in [0, 0.1) is 6.92 Å². The summed E-state index contributed by atoms with van der Waals surface area (Å²) in [6, 6.07) is 7.49. The van der Waals surface area contributed by atoms with Crippen LogP contribution in [0.3, 0.4) is 0 Å². The van der Waals surface area contributed by atoms with Gasteiger partial charge in [-0.1, -0.05) is 12.1 Å². The van der Waals surface area contributed by atoms with Crippen molar-refractivity contribution in [3.8, 4) is 5.75 Å². The Morgan fingerprint density at radius 2 is 2.24 bits per heavy atom. The summed E-state index contributed by atoms with van der Waals surface area (Å²) in [6.07, 6.45) is 2.75. The van der Waals surface area contributed by atoms with Gasteiger partial charge in [0.25, 0.3) is 5.91 Å². The molecule has 7 nitrogen and oxygen atoms in total. The molecule has 0 radical (unpaired) electrons. The van der Waals surface area contributed by atoms with E-state index in [2.05, 4.69) is 27.5 Å². The van der Waals surface area contributed by atoms with E-state index in [1.165, 1.54) is 4.88 Å². The number of nitrogens with one attached hydrogen (secondary N) is 2. The van der Waals surface area contributed by atoms with E-state index in [9.17, 15) is 4.79 Å². The second-order valence-corrected chi connectivity index (χ2v) is 6.69. The Labute approximate surface area is 151 Å². The molecule has 0 saturated carbocycles. The lowest BCUT2D eigenvalue weighted by Gasteiger charge is -2.12. The highest BCUT2D eigenvalue weighted by atomic mass is 32.1. The Balaban J connectivity index is 1.78. The molecule has 1 heterocycles. The lowest BCUT2D eigenvalue weighted by molar-refractivity contribution is -0.119. The van der Waals surface area contributed by atoms with E-state index in [0.717, 1.165) is 29.5 Å². The van der Waals surface area contributed by atoms with E-state index in [-0.39, 0.29) is 6.61 Å². The minimum atomic E-state index is -0.497. The van der Waals surface area contributed by atoms with Crippen LogP contribution in [-0.4, -0.2) is 37.1 Å². The quantitative estimate of drug-likeness (QED) is 0.485. The number of rotatable bonds is 8. The zero-order valence-electron chi connectivity index (χ0n) is 14.4. The van der Waals surface area contributed by atoms with E-state index in [1.54, 1.807) is 24.5 Å². The predicted molar refractivity (Wildman–Crippen MR) is 99.9 cm³/mol.